The lowest BCUT2D eigenvalue weighted by atomic mass is 10.3. The predicted octanol–water partition coefficient (Wildman–Crippen LogP) is 4.59. The van der Waals surface area contributed by atoms with E-state index in [0.717, 1.165) is 15.1 Å². The fourth-order valence-electron chi connectivity index (χ4n) is 1.86. The number of anilines is 1. The summed E-state index contributed by atoms with van der Waals surface area (Å²) in [7, 11) is 0. The van der Waals surface area contributed by atoms with Crippen molar-refractivity contribution in [3.8, 4) is 0 Å². The summed E-state index contributed by atoms with van der Waals surface area (Å²) in [6.45, 7) is 2.68. The highest BCUT2D eigenvalue weighted by Gasteiger charge is 2.13. The summed E-state index contributed by atoms with van der Waals surface area (Å²) in [6, 6.07) is 17.8. The molecule has 2 aromatic rings. The summed E-state index contributed by atoms with van der Waals surface area (Å²) in [6.07, 6.45) is 0. The molecule has 0 atom stereocenters. The minimum Gasteiger partial charge on any atom is -0.312 e. The van der Waals surface area contributed by atoms with Crippen molar-refractivity contribution in [3.63, 3.8) is 0 Å². The first-order valence-electron chi connectivity index (χ1n) is 6.44. The monoisotopic (exact) mass is 349 g/mol. The molecule has 0 aromatic heterocycles. The van der Waals surface area contributed by atoms with Crippen molar-refractivity contribution in [2.75, 3.05) is 17.2 Å². The summed E-state index contributed by atoms with van der Waals surface area (Å²) in [4.78, 5) is 15.2. The van der Waals surface area contributed by atoms with Crippen LogP contribution >= 0.6 is 27.7 Å². The number of thioether (sulfide) groups is 1. The number of rotatable bonds is 5. The van der Waals surface area contributed by atoms with Crippen molar-refractivity contribution in [2.24, 2.45) is 0 Å². The number of nitrogens with zero attached hydrogens (tertiary/aromatic N) is 1. The first kappa shape index (κ1) is 15.1. The lowest BCUT2D eigenvalue weighted by Crippen LogP contribution is -2.32. The molecule has 4 heteroatoms. The zero-order chi connectivity index (χ0) is 14.4. The van der Waals surface area contributed by atoms with Crippen molar-refractivity contribution in [3.05, 3.63) is 59.1 Å². The maximum Gasteiger partial charge on any atom is 0.237 e. The second kappa shape index (κ2) is 7.50. The third-order valence-corrected chi connectivity index (χ3v) is 4.39. The minimum atomic E-state index is 0.131. The summed E-state index contributed by atoms with van der Waals surface area (Å²) in [5.41, 5.74) is 0.955. The molecule has 0 aliphatic heterocycles. The second-order valence-corrected chi connectivity index (χ2v) is 6.18. The van der Waals surface area contributed by atoms with Gasteiger partial charge in [0.25, 0.3) is 0 Å². The maximum absolute atomic E-state index is 12.3. The van der Waals surface area contributed by atoms with E-state index in [1.54, 1.807) is 11.8 Å². The van der Waals surface area contributed by atoms with Crippen LogP contribution in [0.4, 0.5) is 5.69 Å². The molecular formula is C16H16BrNOS. The summed E-state index contributed by atoms with van der Waals surface area (Å²) < 4.78 is 1.05. The topological polar surface area (TPSA) is 20.3 Å². The van der Waals surface area contributed by atoms with Crippen LogP contribution in [0.25, 0.3) is 0 Å². The van der Waals surface area contributed by atoms with E-state index in [4.69, 9.17) is 0 Å². The van der Waals surface area contributed by atoms with Crippen LogP contribution in [0, 0.1) is 0 Å². The standard InChI is InChI=1S/C16H16BrNOS/c1-2-18(14-6-4-3-5-7-14)16(19)12-20-15-10-8-13(17)9-11-15/h3-11H,2,12H2,1H3. The fourth-order valence-corrected chi connectivity index (χ4v) is 2.90. The van der Waals surface area contributed by atoms with Crippen LogP contribution in [0.15, 0.2) is 64.0 Å². The molecule has 0 unspecified atom stereocenters. The Morgan fingerprint density at radius 1 is 1.10 bits per heavy atom. The molecule has 0 saturated heterocycles. The number of hydrogen-bond acceptors (Lipinski definition) is 2. The Kier molecular flexibility index (Phi) is 5.68. The largest absolute Gasteiger partial charge is 0.312 e. The van der Waals surface area contributed by atoms with Gasteiger partial charge >= 0.3 is 0 Å². The van der Waals surface area contributed by atoms with Crippen LogP contribution in [-0.4, -0.2) is 18.2 Å². The molecule has 2 aromatic carbocycles. The molecule has 2 rings (SSSR count). The number of carbonyl (C=O) groups excluding carboxylic acids is 1. The van der Waals surface area contributed by atoms with Gasteiger partial charge < -0.3 is 4.90 Å². The van der Waals surface area contributed by atoms with Crippen LogP contribution < -0.4 is 4.90 Å². The van der Waals surface area contributed by atoms with Crippen LogP contribution in [0.1, 0.15) is 6.92 Å². The van der Waals surface area contributed by atoms with E-state index in [1.807, 2.05) is 66.4 Å². The van der Waals surface area contributed by atoms with Gasteiger partial charge in [0.15, 0.2) is 0 Å². The van der Waals surface area contributed by atoms with Gasteiger partial charge in [0.2, 0.25) is 5.91 Å². The minimum absolute atomic E-state index is 0.131. The van der Waals surface area contributed by atoms with E-state index in [2.05, 4.69) is 15.9 Å². The highest BCUT2D eigenvalue weighted by molar-refractivity contribution is 9.10. The normalized spacial score (nSPS) is 10.3. The van der Waals surface area contributed by atoms with E-state index in [0.29, 0.717) is 12.3 Å². The quantitative estimate of drug-likeness (QED) is 0.735. The van der Waals surface area contributed by atoms with Gasteiger partial charge in [-0.3, -0.25) is 4.79 Å². The molecule has 104 valence electrons. The first-order chi connectivity index (χ1) is 9.70. The molecule has 0 bridgehead atoms. The lowest BCUT2D eigenvalue weighted by Gasteiger charge is -2.20. The summed E-state index contributed by atoms with van der Waals surface area (Å²) in [5.74, 6) is 0.580. The zero-order valence-electron chi connectivity index (χ0n) is 11.3. The number of amides is 1. The number of hydrogen-bond donors (Lipinski definition) is 0. The van der Waals surface area contributed by atoms with E-state index in [-0.39, 0.29) is 5.91 Å². The average molecular weight is 350 g/mol. The molecule has 20 heavy (non-hydrogen) atoms. The summed E-state index contributed by atoms with van der Waals surface area (Å²) >= 11 is 4.97. The third-order valence-electron chi connectivity index (χ3n) is 2.86. The SMILES string of the molecule is CCN(C(=O)CSc1ccc(Br)cc1)c1ccccc1. The van der Waals surface area contributed by atoms with Crippen LogP contribution in [0.2, 0.25) is 0 Å². The Morgan fingerprint density at radius 2 is 1.75 bits per heavy atom. The third kappa shape index (κ3) is 4.12. The van der Waals surface area contributed by atoms with Gasteiger partial charge in [-0.05, 0) is 43.3 Å². The number of carbonyl (C=O) groups is 1. The van der Waals surface area contributed by atoms with Gasteiger partial charge in [-0.1, -0.05) is 34.1 Å². The first-order valence-corrected chi connectivity index (χ1v) is 8.22. The number of benzene rings is 2. The molecule has 1 amide bonds. The number of para-hydroxylation sites is 1. The highest BCUT2D eigenvalue weighted by atomic mass is 79.9. The van der Waals surface area contributed by atoms with Gasteiger partial charge in [-0.2, -0.15) is 0 Å². The van der Waals surface area contributed by atoms with E-state index in [9.17, 15) is 4.79 Å². The van der Waals surface area contributed by atoms with Crippen molar-refractivity contribution in [2.45, 2.75) is 11.8 Å². The van der Waals surface area contributed by atoms with Gasteiger partial charge in [0, 0.05) is 21.6 Å². The molecule has 0 fully saturated rings. The Labute approximate surface area is 132 Å². The highest BCUT2D eigenvalue weighted by Crippen LogP contribution is 2.22. The van der Waals surface area contributed by atoms with Crippen LogP contribution in [0.5, 0.6) is 0 Å². The van der Waals surface area contributed by atoms with Gasteiger partial charge in [0.1, 0.15) is 0 Å². The maximum atomic E-state index is 12.3. The van der Waals surface area contributed by atoms with E-state index < -0.39 is 0 Å². The van der Waals surface area contributed by atoms with Crippen LogP contribution in [0.3, 0.4) is 0 Å². The molecular weight excluding hydrogens is 334 g/mol. The molecule has 0 aliphatic rings. The molecule has 0 aliphatic carbocycles. The van der Waals surface area contributed by atoms with Crippen molar-refractivity contribution in [1.82, 2.24) is 0 Å². The predicted molar refractivity (Wildman–Crippen MR) is 89.3 cm³/mol. The summed E-state index contributed by atoms with van der Waals surface area (Å²) in [5, 5.41) is 0. The van der Waals surface area contributed by atoms with Gasteiger partial charge in [-0.25, -0.2) is 0 Å². The Balaban J connectivity index is 1.98. The smallest absolute Gasteiger partial charge is 0.237 e. The Morgan fingerprint density at radius 3 is 2.35 bits per heavy atom. The molecule has 0 saturated carbocycles. The Bertz CT molecular complexity index is 556. The van der Waals surface area contributed by atoms with Crippen molar-refractivity contribution < 1.29 is 4.79 Å². The van der Waals surface area contributed by atoms with Crippen molar-refractivity contribution in [1.29, 1.82) is 0 Å². The second-order valence-electron chi connectivity index (χ2n) is 4.22. The van der Waals surface area contributed by atoms with Crippen LogP contribution in [-0.2, 0) is 4.79 Å². The Hall–Kier alpha value is -1.26. The van der Waals surface area contributed by atoms with E-state index >= 15 is 0 Å². The molecule has 2 nitrogen and oxygen atoms in total. The van der Waals surface area contributed by atoms with Crippen molar-refractivity contribution >= 4 is 39.3 Å². The lowest BCUT2D eigenvalue weighted by molar-refractivity contribution is -0.116. The number of halogens is 1. The zero-order valence-corrected chi connectivity index (χ0v) is 13.7. The molecule has 0 N–H and O–H groups in total. The molecule has 0 radical (unpaired) electrons. The molecule has 0 heterocycles. The van der Waals surface area contributed by atoms with Gasteiger partial charge in [-0.15, -0.1) is 11.8 Å². The van der Waals surface area contributed by atoms with E-state index in [1.165, 1.54) is 0 Å². The van der Waals surface area contributed by atoms with Gasteiger partial charge in [0.05, 0.1) is 5.75 Å². The fraction of sp³-hybridized carbons (Fsp3) is 0.188. The average Bonchev–Trinajstić information content (AvgIpc) is 2.48. The molecule has 0 spiro atoms.